The molecule has 2 N–H and O–H groups in total. The van der Waals surface area contributed by atoms with E-state index in [1.807, 2.05) is 12.1 Å². The first kappa shape index (κ1) is 21.2. The van der Waals surface area contributed by atoms with Crippen LogP contribution < -0.4 is 4.74 Å². The van der Waals surface area contributed by atoms with E-state index in [0.29, 0.717) is 5.75 Å². The number of hydrogen-bond donors (Lipinski definition) is 2. The van der Waals surface area contributed by atoms with Crippen molar-refractivity contribution in [1.29, 1.82) is 0 Å². The van der Waals surface area contributed by atoms with E-state index in [9.17, 15) is 15.0 Å². The number of ether oxygens (including phenoxy) is 2. The largest absolute Gasteiger partial charge is 0.428 e. The average molecular weight is 350 g/mol. The van der Waals surface area contributed by atoms with Crippen LogP contribution in [0, 0.1) is 0 Å². The number of aliphatic hydroxyl groups excluding tert-OH is 1. The van der Waals surface area contributed by atoms with Crippen molar-refractivity contribution in [1.82, 2.24) is 0 Å². The zero-order valence-corrected chi connectivity index (χ0v) is 15.1. The third-order valence-electron chi connectivity index (χ3n) is 3.90. The van der Waals surface area contributed by atoms with Gasteiger partial charge in [-0.2, -0.15) is 0 Å². The highest BCUT2D eigenvalue weighted by Gasteiger charge is 2.33. The van der Waals surface area contributed by atoms with Crippen molar-refractivity contribution >= 4 is 5.97 Å². The molecule has 0 aromatic heterocycles. The molecule has 1 aromatic carbocycles. The predicted octanol–water partition coefficient (Wildman–Crippen LogP) is 3.73. The fraction of sp³-hybridized carbons (Fsp3) is 0.550. The molecule has 1 atom stereocenters. The molecule has 140 valence electrons. The van der Waals surface area contributed by atoms with E-state index < -0.39 is 18.5 Å². The lowest BCUT2D eigenvalue weighted by molar-refractivity contribution is -0.313. The molecule has 0 aliphatic heterocycles. The van der Waals surface area contributed by atoms with E-state index >= 15 is 0 Å². The molecule has 0 fully saturated rings. The first-order chi connectivity index (χ1) is 12.0. The van der Waals surface area contributed by atoms with Crippen LogP contribution in [0.1, 0.15) is 57.4 Å². The van der Waals surface area contributed by atoms with Crippen molar-refractivity contribution in [3.63, 3.8) is 0 Å². The van der Waals surface area contributed by atoms with Crippen LogP contribution in [0.4, 0.5) is 0 Å². The fourth-order valence-corrected chi connectivity index (χ4v) is 2.48. The maximum atomic E-state index is 11.2. The summed E-state index contributed by atoms with van der Waals surface area (Å²) in [6.45, 7) is 4.57. The molecule has 0 heterocycles. The summed E-state index contributed by atoms with van der Waals surface area (Å²) in [5.41, 5.74) is 1.18. The number of hydrogen-bond acceptors (Lipinski definition) is 5. The second-order valence-corrected chi connectivity index (χ2v) is 6.11. The molecule has 5 nitrogen and oxygen atoms in total. The van der Waals surface area contributed by atoms with Crippen LogP contribution in [-0.2, 0) is 16.0 Å². The lowest BCUT2D eigenvalue weighted by Gasteiger charge is -2.25. The topological polar surface area (TPSA) is 76.0 Å². The van der Waals surface area contributed by atoms with E-state index in [4.69, 9.17) is 4.74 Å². The average Bonchev–Trinajstić information content (AvgIpc) is 2.62. The van der Waals surface area contributed by atoms with Crippen molar-refractivity contribution in [3.05, 3.63) is 42.5 Å². The Morgan fingerprint density at radius 2 is 1.72 bits per heavy atom. The lowest BCUT2D eigenvalue weighted by Crippen LogP contribution is -2.44. The van der Waals surface area contributed by atoms with Crippen LogP contribution in [-0.4, -0.2) is 28.8 Å². The molecule has 0 saturated carbocycles. The highest BCUT2D eigenvalue weighted by atomic mass is 16.8. The van der Waals surface area contributed by atoms with Crippen LogP contribution >= 0.6 is 0 Å². The molecule has 1 aromatic rings. The summed E-state index contributed by atoms with van der Waals surface area (Å²) in [5, 5.41) is 19.1. The third-order valence-corrected chi connectivity index (χ3v) is 3.90. The molecule has 1 rings (SSSR count). The minimum absolute atomic E-state index is 0.303. The van der Waals surface area contributed by atoms with E-state index in [2.05, 4.69) is 18.2 Å². The van der Waals surface area contributed by atoms with E-state index in [1.165, 1.54) is 44.1 Å². The van der Waals surface area contributed by atoms with Gasteiger partial charge in [0.1, 0.15) is 12.4 Å². The third kappa shape index (κ3) is 8.70. The van der Waals surface area contributed by atoms with E-state index in [0.717, 1.165) is 18.9 Å². The summed E-state index contributed by atoms with van der Waals surface area (Å²) >= 11 is 0. The predicted molar refractivity (Wildman–Crippen MR) is 97.1 cm³/mol. The second-order valence-electron chi connectivity index (χ2n) is 6.11. The Balaban J connectivity index is 2.39. The van der Waals surface area contributed by atoms with Gasteiger partial charge >= 0.3 is 11.9 Å². The van der Waals surface area contributed by atoms with Gasteiger partial charge in [-0.3, -0.25) is 0 Å². The summed E-state index contributed by atoms with van der Waals surface area (Å²) in [4.78, 5) is 11.2. The Bertz CT molecular complexity index is 511. The highest BCUT2D eigenvalue weighted by molar-refractivity contribution is 5.81. The molecule has 0 bridgehead atoms. The van der Waals surface area contributed by atoms with Crippen LogP contribution in [0.2, 0.25) is 0 Å². The molecule has 0 aliphatic carbocycles. The van der Waals surface area contributed by atoms with Gasteiger partial charge in [0.15, 0.2) is 0 Å². The smallest absolute Gasteiger partial charge is 0.396 e. The van der Waals surface area contributed by atoms with Gasteiger partial charge in [0, 0.05) is 6.08 Å². The molecule has 0 radical (unpaired) electrons. The summed E-state index contributed by atoms with van der Waals surface area (Å²) in [6, 6.07) is 7.16. The summed E-state index contributed by atoms with van der Waals surface area (Å²) in [6.07, 6.45) is 10.7. The second kappa shape index (κ2) is 11.7. The van der Waals surface area contributed by atoms with Crippen molar-refractivity contribution in [2.24, 2.45) is 0 Å². The Morgan fingerprint density at radius 3 is 2.28 bits per heavy atom. The van der Waals surface area contributed by atoms with Gasteiger partial charge in [0.2, 0.25) is 0 Å². The SMILES string of the molecule is C=CC(=O)OC(O)(CO)Oc1ccc(CCCCCCCCC)cc1. The molecular formula is C20H30O5. The number of unbranched alkanes of at least 4 members (excludes halogenated alkanes) is 6. The minimum atomic E-state index is -2.41. The van der Waals surface area contributed by atoms with Gasteiger partial charge in [-0.15, -0.1) is 0 Å². The zero-order chi connectivity index (χ0) is 18.5. The lowest BCUT2D eigenvalue weighted by atomic mass is 10.0. The van der Waals surface area contributed by atoms with E-state index in [-0.39, 0.29) is 0 Å². The van der Waals surface area contributed by atoms with Gasteiger partial charge in [0.25, 0.3) is 0 Å². The van der Waals surface area contributed by atoms with Crippen molar-refractivity contribution in [3.8, 4) is 5.75 Å². The maximum Gasteiger partial charge on any atom is 0.396 e. The number of rotatable bonds is 13. The molecule has 0 amide bonds. The first-order valence-electron chi connectivity index (χ1n) is 8.99. The van der Waals surface area contributed by atoms with Gasteiger partial charge in [-0.25, -0.2) is 4.79 Å². The van der Waals surface area contributed by atoms with Crippen LogP contribution in [0.5, 0.6) is 5.75 Å². The number of esters is 1. The number of benzene rings is 1. The molecule has 0 spiro atoms. The van der Waals surface area contributed by atoms with Crippen LogP contribution in [0.15, 0.2) is 36.9 Å². The Morgan fingerprint density at radius 1 is 1.12 bits per heavy atom. The molecular weight excluding hydrogens is 320 g/mol. The number of carbonyl (C=O) groups excluding carboxylic acids is 1. The molecule has 1 unspecified atom stereocenters. The normalized spacial score (nSPS) is 13.1. The van der Waals surface area contributed by atoms with Crippen molar-refractivity contribution in [2.75, 3.05) is 6.61 Å². The van der Waals surface area contributed by atoms with Gasteiger partial charge in [-0.05, 0) is 30.5 Å². The molecule has 5 heteroatoms. The minimum Gasteiger partial charge on any atom is -0.428 e. The Kier molecular flexibility index (Phi) is 9.88. The standard InChI is InChI=1S/C20H30O5/c1-3-5-6-7-8-9-10-11-17-12-14-18(15-13-17)24-20(23,16-21)25-19(22)4-2/h4,12-15,21,23H,2-3,5-11,16H2,1H3. The van der Waals surface area contributed by atoms with Crippen molar-refractivity contribution < 1.29 is 24.5 Å². The van der Waals surface area contributed by atoms with Gasteiger partial charge in [0.05, 0.1) is 0 Å². The number of carbonyl (C=O) groups is 1. The quantitative estimate of drug-likeness (QED) is 0.245. The van der Waals surface area contributed by atoms with Gasteiger partial charge in [-0.1, -0.05) is 64.2 Å². The molecule has 25 heavy (non-hydrogen) atoms. The zero-order valence-electron chi connectivity index (χ0n) is 15.1. The highest BCUT2D eigenvalue weighted by Crippen LogP contribution is 2.20. The molecule has 0 saturated heterocycles. The Hall–Kier alpha value is -1.85. The van der Waals surface area contributed by atoms with Crippen molar-refractivity contribution in [2.45, 2.75) is 64.3 Å². The maximum absolute atomic E-state index is 11.2. The van der Waals surface area contributed by atoms with Crippen LogP contribution in [0.25, 0.3) is 0 Å². The first-order valence-corrected chi connectivity index (χ1v) is 8.99. The van der Waals surface area contributed by atoms with Gasteiger partial charge < -0.3 is 19.7 Å². The summed E-state index contributed by atoms with van der Waals surface area (Å²) < 4.78 is 9.79. The number of aryl methyl sites for hydroxylation is 1. The van der Waals surface area contributed by atoms with E-state index in [1.54, 1.807) is 12.1 Å². The Labute approximate surface area is 150 Å². The monoisotopic (exact) mass is 350 g/mol. The fourth-order valence-electron chi connectivity index (χ4n) is 2.48. The molecule has 0 aliphatic rings. The number of aliphatic hydroxyl groups is 2. The summed E-state index contributed by atoms with van der Waals surface area (Å²) in [5.74, 6) is -2.99. The summed E-state index contributed by atoms with van der Waals surface area (Å²) in [7, 11) is 0. The van der Waals surface area contributed by atoms with Crippen LogP contribution in [0.3, 0.4) is 0 Å².